The number of carbonyl (C=O) groups excluding carboxylic acids is 1. The summed E-state index contributed by atoms with van der Waals surface area (Å²) >= 11 is 0. The van der Waals surface area contributed by atoms with Gasteiger partial charge in [0.25, 0.3) is 0 Å². The molecule has 0 bridgehead atoms. The summed E-state index contributed by atoms with van der Waals surface area (Å²) in [5.74, 6) is 2.76. The van der Waals surface area contributed by atoms with Gasteiger partial charge in [0.15, 0.2) is 0 Å². The second-order valence-corrected chi connectivity index (χ2v) is 4.31. The van der Waals surface area contributed by atoms with E-state index >= 15 is 0 Å². The van der Waals surface area contributed by atoms with Crippen LogP contribution in [0.15, 0.2) is 0 Å². The molecule has 1 aliphatic carbocycles. The number of terminal acetylenes is 1. The average Bonchev–Trinajstić information content (AvgIpc) is 2.20. The number of nitrogens with zero attached hydrogens (tertiary/aromatic N) is 1. The summed E-state index contributed by atoms with van der Waals surface area (Å²) in [6.45, 7) is 3.95. The van der Waals surface area contributed by atoms with Crippen molar-refractivity contribution >= 4 is 5.91 Å². The lowest BCUT2D eigenvalue weighted by Crippen LogP contribution is -2.50. The minimum atomic E-state index is -0.816. The van der Waals surface area contributed by atoms with Crippen molar-refractivity contribution in [3.8, 4) is 18.4 Å². The fourth-order valence-corrected chi connectivity index (χ4v) is 2.02. The molecule has 0 aromatic carbocycles. The lowest BCUT2D eigenvalue weighted by Gasteiger charge is -2.39. The fraction of sp³-hybridized carbons (Fsp3) is 0.667. The van der Waals surface area contributed by atoms with Gasteiger partial charge in [-0.2, -0.15) is 5.26 Å². The highest BCUT2D eigenvalue weighted by Crippen LogP contribution is 2.45. The highest BCUT2D eigenvalue weighted by Gasteiger charge is 2.49. The highest BCUT2D eigenvalue weighted by atomic mass is 16.2. The van der Waals surface area contributed by atoms with E-state index in [2.05, 4.69) is 17.3 Å². The second kappa shape index (κ2) is 4.36. The zero-order valence-electron chi connectivity index (χ0n) is 9.21. The van der Waals surface area contributed by atoms with Gasteiger partial charge in [0, 0.05) is 0 Å². The van der Waals surface area contributed by atoms with Gasteiger partial charge < -0.3 is 5.32 Å². The van der Waals surface area contributed by atoms with Crippen LogP contribution in [0, 0.1) is 35.0 Å². The summed E-state index contributed by atoms with van der Waals surface area (Å²) in [7, 11) is 0. The van der Waals surface area contributed by atoms with Crippen LogP contribution in [-0.2, 0) is 4.79 Å². The van der Waals surface area contributed by atoms with Gasteiger partial charge in [-0.25, -0.2) is 0 Å². The number of carbonyl (C=O) groups is 1. The first kappa shape index (κ1) is 11.6. The van der Waals surface area contributed by atoms with E-state index in [0.717, 1.165) is 0 Å². The molecule has 1 atom stereocenters. The Morgan fingerprint density at radius 1 is 1.73 bits per heavy atom. The van der Waals surface area contributed by atoms with Crippen LogP contribution in [0.25, 0.3) is 0 Å². The molecule has 0 spiro atoms. The van der Waals surface area contributed by atoms with Crippen LogP contribution in [-0.4, -0.2) is 11.9 Å². The molecule has 3 heteroatoms. The molecule has 1 aliphatic rings. The van der Waals surface area contributed by atoms with Crippen LogP contribution in [0.5, 0.6) is 0 Å². The summed E-state index contributed by atoms with van der Waals surface area (Å²) in [6, 6.07) is 1.87. The van der Waals surface area contributed by atoms with Crippen molar-refractivity contribution in [2.45, 2.75) is 39.2 Å². The summed E-state index contributed by atoms with van der Waals surface area (Å²) in [6.07, 6.45) is 7.25. The molecular formula is C12H16N2O. The van der Waals surface area contributed by atoms with Crippen LogP contribution in [0.3, 0.4) is 0 Å². The lowest BCUT2D eigenvalue weighted by atomic mass is 9.63. The van der Waals surface area contributed by atoms with Gasteiger partial charge in [0.1, 0.15) is 5.41 Å². The van der Waals surface area contributed by atoms with Crippen LogP contribution in [0.4, 0.5) is 0 Å². The van der Waals surface area contributed by atoms with E-state index in [1.165, 1.54) is 0 Å². The largest absolute Gasteiger partial charge is 0.341 e. The van der Waals surface area contributed by atoms with Crippen molar-refractivity contribution in [2.75, 3.05) is 0 Å². The Morgan fingerprint density at radius 2 is 2.33 bits per heavy atom. The third-order valence-electron chi connectivity index (χ3n) is 2.96. The Hall–Kier alpha value is -1.48. The molecule has 1 unspecified atom stereocenters. The smallest absolute Gasteiger partial charge is 0.241 e. The van der Waals surface area contributed by atoms with Crippen molar-refractivity contribution < 1.29 is 4.79 Å². The second-order valence-electron chi connectivity index (χ2n) is 4.31. The van der Waals surface area contributed by atoms with Crippen LogP contribution in [0.1, 0.15) is 33.1 Å². The van der Waals surface area contributed by atoms with Crippen molar-refractivity contribution in [1.82, 2.24) is 5.32 Å². The van der Waals surface area contributed by atoms with E-state index in [9.17, 15) is 4.79 Å². The summed E-state index contributed by atoms with van der Waals surface area (Å²) in [4.78, 5) is 11.8. The number of hydrogen-bond acceptors (Lipinski definition) is 2. The maximum absolute atomic E-state index is 11.8. The summed E-state index contributed by atoms with van der Waals surface area (Å²) < 4.78 is 0. The van der Waals surface area contributed by atoms with Crippen molar-refractivity contribution in [2.24, 2.45) is 11.3 Å². The van der Waals surface area contributed by atoms with Crippen LogP contribution >= 0.6 is 0 Å². The normalized spacial score (nSPS) is 30.5. The van der Waals surface area contributed by atoms with Gasteiger partial charge in [-0.15, -0.1) is 6.42 Å². The molecule has 0 heterocycles. The summed E-state index contributed by atoms with van der Waals surface area (Å²) in [5, 5.41) is 11.8. The minimum Gasteiger partial charge on any atom is -0.341 e. The molecule has 1 amide bonds. The highest BCUT2D eigenvalue weighted by molar-refractivity contribution is 5.87. The van der Waals surface area contributed by atoms with Crippen molar-refractivity contribution in [3.05, 3.63) is 0 Å². The van der Waals surface area contributed by atoms with Gasteiger partial charge in [-0.1, -0.05) is 19.8 Å². The molecule has 0 aromatic rings. The van der Waals surface area contributed by atoms with Gasteiger partial charge in [-0.05, 0) is 25.2 Å². The third-order valence-corrected chi connectivity index (χ3v) is 2.96. The fourth-order valence-electron chi connectivity index (χ4n) is 2.02. The average molecular weight is 204 g/mol. The van der Waals surface area contributed by atoms with E-state index in [-0.39, 0.29) is 11.9 Å². The Bertz CT molecular complexity index is 329. The molecule has 15 heavy (non-hydrogen) atoms. The van der Waals surface area contributed by atoms with E-state index in [0.29, 0.717) is 25.2 Å². The first-order valence-corrected chi connectivity index (χ1v) is 5.26. The number of nitriles is 1. The quantitative estimate of drug-likeness (QED) is 0.707. The van der Waals surface area contributed by atoms with Gasteiger partial charge in [0.05, 0.1) is 12.1 Å². The van der Waals surface area contributed by atoms with Gasteiger partial charge >= 0.3 is 0 Å². The molecule has 0 saturated heterocycles. The predicted octanol–water partition coefficient (Wildman–Crippen LogP) is 1.45. The Morgan fingerprint density at radius 3 is 2.67 bits per heavy atom. The van der Waals surface area contributed by atoms with E-state index < -0.39 is 5.41 Å². The van der Waals surface area contributed by atoms with Crippen LogP contribution < -0.4 is 5.32 Å². The van der Waals surface area contributed by atoms with E-state index in [1.54, 1.807) is 0 Å². The molecule has 1 rings (SSSR count). The number of rotatable bonds is 3. The zero-order valence-corrected chi connectivity index (χ0v) is 9.21. The Labute approximate surface area is 90.9 Å². The predicted molar refractivity (Wildman–Crippen MR) is 57.5 cm³/mol. The van der Waals surface area contributed by atoms with Gasteiger partial charge in [-0.3, -0.25) is 4.79 Å². The Balaban J connectivity index is 2.62. The minimum absolute atomic E-state index is 0.201. The zero-order chi connectivity index (χ0) is 11.5. The molecule has 3 nitrogen and oxygen atoms in total. The maximum Gasteiger partial charge on any atom is 0.241 e. The molecule has 0 aliphatic heterocycles. The number of amides is 1. The molecule has 0 aromatic heterocycles. The van der Waals surface area contributed by atoms with Gasteiger partial charge in [0.2, 0.25) is 5.91 Å². The lowest BCUT2D eigenvalue weighted by molar-refractivity contribution is -0.134. The van der Waals surface area contributed by atoms with E-state index in [4.69, 9.17) is 11.7 Å². The molecule has 1 saturated carbocycles. The third kappa shape index (κ3) is 2.13. The molecular weight excluding hydrogens is 188 g/mol. The SMILES string of the molecule is C#CC(CC)NC(=O)C1(C#N)CC(C)C1. The standard InChI is InChI=1S/C12H16N2O/c1-4-10(5-2)14-11(15)12(8-13)6-9(3)7-12/h1,9-10H,5-7H2,2-3H3,(H,14,15). The topological polar surface area (TPSA) is 52.9 Å². The summed E-state index contributed by atoms with van der Waals surface area (Å²) in [5.41, 5.74) is -0.816. The first-order chi connectivity index (χ1) is 7.07. The maximum atomic E-state index is 11.8. The molecule has 1 N–H and O–H groups in total. The van der Waals surface area contributed by atoms with Crippen LogP contribution in [0.2, 0.25) is 0 Å². The molecule has 0 radical (unpaired) electrons. The van der Waals surface area contributed by atoms with Crippen molar-refractivity contribution in [1.29, 1.82) is 5.26 Å². The molecule has 80 valence electrons. The first-order valence-electron chi connectivity index (χ1n) is 5.26. The molecule has 1 fully saturated rings. The monoisotopic (exact) mass is 204 g/mol. The number of hydrogen-bond donors (Lipinski definition) is 1. The van der Waals surface area contributed by atoms with E-state index in [1.807, 2.05) is 13.8 Å². The Kier molecular flexibility index (Phi) is 3.37. The number of nitrogens with one attached hydrogen (secondary N) is 1. The van der Waals surface area contributed by atoms with Crippen molar-refractivity contribution in [3.63, 3.8) is 0 Å².